The quantitative estimate of drug-likeness (QED) is 0.802. The minimum absolute atomic E-state index is 0.169. The number of furan rings is 1. The van der Waals surface area contributed by atoms with Gasteiger partial charge in [-0.15, -0.1) is 0 Å². The van der Waals surface area contributed by atoms with Crippen LogP contribution in [0.4, 0.5) is 13.2 Å². The van der Waals surface area contributed by atoms with Crippen LogP contribution in [0.2, 0.25) is 0 Å². The zero-order valence-corrected chi connectivity index (χ0v) is 10.5. The third-order valence-corrected chi connectivity index (χ3v) is 2.45. The normalized spacial score (nSPS) is 11.9. The first kappa shape index (κ1) is 13.5. The lowest BCUT2D eigenvalue weighted by atomic mass is 10.1. The Labute approximate surface area is 108 Å². The van der Waals surface area contributed by atoms with Gasteiger partial charge in [0.25, 0.3) is 0 Å². The van der Waals surface area contributed by atoms with Crippen molar-refractivity contribution in [1.82, 2.24) is 0 Å². The largest absolute Gasteiger partial charge is 0.490 e. The second-order valence-corrected chi connectivity index (χ2v) is 4.35. The topological polar surface area (TPSA) is 22.4 Å². The van der Waals surface area contributed by atoms with Gasteiger partial charge in [-0.05, 0) is 44.2 Å². The van der Waals surface area contributed by atoms with Crippen molar-refractivity contribution in [3.63, 3.8) is 0 Å². The minimum Gasteiger partial charge on any atom is -0.490 e. The second kappa shape index (κ2) is 4.99. The number of rotatable bonds is 3. The Morgan fingerprint density at radius 3 is 2.42 bits per heavy atom. The summed E-state index contributed by atoms with van der Waals surface area (Å²) in [7, 11) is 0. The molecular formula is C14H13F3O2. The summed E-state index contributed by atoms with van der Waals surface area (Å²) in [6.45, 7) is 3.36. The van der Waals surface area contributed by atoms with Crippen LogP contribution in [0, 0.1) is 0 Å². The Kier molecular flexibility index (Phi) is 3.55. The number of halogens is 3. The second-order valence-electron chi connectivity index (χ2n) is 4.35. The molecule has 0 fully saturated rings. The molecule has 0 saturated carbocycles. The first-order valence-electron chi connectivity index (χ1n) is 5.79. The highest BCUT2D eigenvalue weighted by molar-refractivity contribution is 5.61. The van der Waals surface area contributed by atoms with Crippen molar-refractivity contribution < 1.29 is 22.3 Å². The Morgan fingerprint density at radius 2 is 1.89 bits per heavy atom. The van der Waals surface area contributed by atoms with Crippen LogP contribution in [0.25, 0.3) is 11.3 Å². The number of ether oxygens (including phenoxy) is 1. The van der Waals surface area contributed by atoms with E-state index in [-0.39, 0.29) is 11.9 Å². The van der Waals surface area contributed by atoms with Gasteiger partial charge < -0.3 is 9.15 Å². The highest BCUT2D eigenvalue weighted by atomic mass is 19.4. The van der Waals surface area contributed by atoms with Gasteiger partial charge in [-0.2, -0.15) is 13.2 Å². The number of benzene rings is 1. The van der Waals surface area contributed by atoms with Crippen molar-refractivity contribution in [2.24, 2.45) is 0 Å². The van der Waals surface area contributed by atoms with E-state index >= 15 is 0 Å². The molecule has 2 rings (SSSR count). The van der Waals surface area contributed by atoms with E-state index in [1.807, 2.05) is 0 Å². The lowest BCUT2D eigenvalue weighted by Gasteiger charge is -2.16. The van der Waals surface area contributed by atoms with E-state index in [4.69, 9.17) is 9.15 Å². The molecule has 0 saturated heterocycles. The molecule has 0 unspecified atom stereocenters. The standard InChI is InChI=1S/C14H13F3O2/c1-9(2)19-13-6-5-10(12-4-3-7-18-12)8-11(13)14(15,16)17/h3-9H,1-2H3. The number of hydrogen-bond donors (Lipinski definition) is 0. The van der Waals surface area contributed by atoms with Crippen LogP contribution in [0.15, 0.2) is 41.0 Å². The maximum absolute atomic E-state index is 13.0. The summed E-state index contributed by atoms with van der Waals surface area (Å²) in [6, 6.07) is 7.14. The van der Waals surface area contributed by atoms with Gasteiger partial charge in [0.05, 0.1) is 17.9 Å². The van der Waals surface area contributed by atoms with Gasteiger partial charge in [-0.3, -0.25) is 0 Å². The molecule has 19 heavy (non-hydrogen) atoms. The molecule has 1 aromatic heterocycles. The van der Waals surface area contributed by atoms with Crippen molar-refractivity contribution >= 4 is 0 Å². The fraction of sp³-hybridized carbons (Fsp3) is 0.286. The van der Waals surface area contributed by atoms with Crippen molar-refractivity contribution in [1.29, 1.82) is 0 Å². The molecule has 0 aliphatic rings. The maximum Gasteiger partial charge on any atom is 0.419 e. The molecular weight excluding hydrogens is 257 g/mol. The summed E-state index contributed by atoms with van der Waals surface area (Å²) in [6.07, 6.45) is -3.37. The van der Waals surface area contributed by atoms with Gasteiger partial charge >= 0.3 is 6.18 Å². The van der Waals surface area contributed by atoms with Crippen molar-refractivity contribution in [2.75, 3.05) is 0 Å². The predicted octanol–water partition coefficient (Wildman–Crippen LogP) is 4.75. The highest BCUT2D eigenvalue weighted by Gasteiger charge is 2.35. The van der Waals surface area contributed by atoms with E-state index in [0.717, 1.165) is 6.07 Å². The van der Waals surface area contributed by atoms with E-state index in [2.05, 4.69) is 0 Å². The highest BCUT2D eigenvalue weighted by Crippen LogP contribution is 2.39. The van der Waals surface area contributed by atoms with Crippen LogP contribution in [0.1, 0.15) is 19.4 Å². The number of alkyl halides is 3. The molecule has 1 heterocycles. The third-order valence-electron chi connectivity index (χ3n) is 2.45. The van der Waals surface area contributed by atoms with Gasteiger partial charge in [0, 0.05) is 5.56 Å². The molecule has 0 spiro atoms. The first-order chi connectivity index (χ1) is 8.88. The van der Waals surface area contributed by atoms with Gasteiger partial charge in [-0.1, -0.05) is 0 Å². The molecule has 2 aromatic rings. The molecule has 1 aromatic carbocycles. The van der Waals surface area contributed by atoms with Gasteiger partial charge in [0.1, 0.15) is 11.5 Å². The average molecular weight is 270 g/mol. The molecule has 0 N–H and O–H groups in total. The van der Waals surface area contributed by atoms with Crippen LogP contribution in [0.3, 0.4) is 0 Å². The predicted molar refractivity (Wildman–Crippen MR) is 64.9 cm³/mol. The number of hydrogen-bond acceptors (Lipinski definition) is 2. The van der Waals surface area contributed by atoms with E-state index in [1.165, 1.54) is 12.3 Å². The van der Waals surface area contributed by atoms with Crippen LogP contribution < -0.4 is 4.74 Å². The zero-order chi connectivity index (χ0) is 14.0. The van der Waals surface area contributed by atoms with Crippen LogP contribution in [0.5, 0.6) is 5.75 Å². The van der Waals surface area contributed by atoms with Gasteiger partial charge in [0.15, 0.2) is 0 Å². The summed E-state index contributed by atoms with van der Waals surface area (Å²) in [5.41, 5.74) is -0.427. The van der Waals surface area contributed by atoms with Gasteiger partial charge in [0.2, 0.25) is 0 Å². The van der Waals surface area contributed by atoms with Crippen LogP contribution in [-0.4, -0.2) is 6.10 Å². The van der Waals surface area contributed by atoms with E-state index < -0.39 is 11.7 Å². The smallest absolute Gasteiger partial charge is 0.419 e. The first-order valence-corrected chi connectivity index (χ1v) is 5.79. The lowest BCUT2D eigenvalue weighted by Crippen LogP contribution is -2.13. The molecule has 0 aliphatic carbocycles. The molecule has 0 atom stereocenters. The fourth-order valence-electron chi connectivity index (χ4n) is 1.70. The zero-order valence-electron chi connectivity index (χ0n) is 10.5. The van der Waals surface area contributed by atoms with Crippen molar-refractivity contribution in [3.05, 3.63) is 42.2 Å². The van der Waals surface area contributed by atoms with E-state index in [9.17, 15) is 13.2 Å². The fourth-order valence-corrected chi connectivity index (χ4v) is 1.70. The van der Waals surface area contributed by atoms with Crippen molar-refractivity contribution in [2.45, 2.75) is 26.1 Å². The summed E-state index contributed by atoms with van der Waals surface area (Å²) >= 11 is 0. The summed E-state index contributed by atoms with van der Waals surface area (Å²) in [5.74, 6) is 0.222. The molecule has 0 aliphatic heterocycles. The SMILES string of the molecule is CC(C)Oc1ccc(-c2ccco2)cc1C(F)(F)F. The van der Waals surface area contributed by atoms with E-state index in [1.54, 1.807) is 32.0 Å². The van der Waals surface area contributed by atoms with E-state index in [0.29, 0.717) is 11.3 Å². The molecule has 0 bridgehead atoms. The minimum atomic E-state index is -4.47. The molecule has 0 amide bonds. The molecule has 2 nitrogen and oxygen atoms in total. The monoisotopic (exact) mass is 270 g/mol. The molecule has 102 valence electrons. The molecule has 5 heteroatoms. The summed E-state index contributed by atoms with van der Waals surface area (Å²) < 4.78 is 49.3. The van der Waals surface area contributed by atoms with Crippen LogP contribution in [-0.2, 0) is 6.18 Å². The molecule has 0 radical (unpaired) electrons. The summed E-state index contributed by atoms with van der Waals surface area (Å²) in [4.78, 5) is 0. The third kappa shape index (κ3) is 3.10. The Morgan fingerprint density at radius 1 is 1.16 bits per heavy atom. The van der Waals surface area contributed by atoms with Gasteiger partial charge in [-0.25, -0.2) is 0 Å². The Balaban J connectivity index is 2.48. The average Bonchev–Trinajstić information content (AvgIpc) is 2.80. The lowest BCUT2D eigenvalue weighted by molar-refractivity contribution is -0.139. The Bertz CT molecular complexity index is 542. The summed E-state index contributed by atoms with van der Waals surface area (Å²) in [5, 5.41) is 0. The maximum atomic E-state index is 13.0. The van der Waals surface area contributed by atoms with Crippen LogP contribution >= 0.6 is 0 Å². The van der Waals surface area contributed by atoms with Crippen molar-refractivity contribution in [3.8, 4) is 17.1 Å². The Hall–Kier alpha value is -1.91.